The first-order valence-corrected chi connectivity index (χ1v) is 3.48. The van der Waals surface area contributed by atoms with Crippen LogP contribution in [0.3, 0.4) is 0 Å². The minimum absolute atomic E-state index is 0.138. The molecule has 0 aromatic rings. The SMILES string of the molecule is C/C=C(\C)COC(=O)CC. The van der Waals surface area contributed by atoms with Crippen LogP contribution < -0.4 is 0 Å². The molecular formula is C8H14O2. The Balaban J connectivity index is 3.45. The number of allylic oxidation sites excluding steroid dienone is 1. The van der Waals surface area contributed by atoms with Gasteiger partial charge in [-0.2, -0.15) is 0 Å². The maximum atomic E-state index is 10.6. The highest BCUT2D eigenvalue weighted by atomic mass is 16.5. The van der Waals surface area contributed by atoms with Gasteiger partial charge in [0.25, 0.3) is 0 Å². The molecule has 0 fully saturated rings. The molecule has 0 saturated carbocycles. The second-order valence-electron chi connectivity index (χ2n) is 2.15. The normalized spacial score (nSPS) is 11.3. The summed E-state index contributed by atoms with van der Waals surface area (Å²) in [6.45, 7) is 6.08. The predicted molar refractivity (Wildman–Crippen MR) is 40.7 cm³/mol. The van der Waals surface area contributed by atoms with Crippen molar-refractivity contribution in [1.29, 1.82) is 0 Å². The lowest BCUT2D eigenvalue weighted by molar-refractivity contribution is -0.142. The Morgan fingerprint density at radius 2 is 2.20 bits per heavy atom. The molecule has 0 N–H and O–H groups in total. The van der Waals surface area contributed by atoms with Crippen LogP contribution in [0.1, 0.15) is 27.2 Å². The largest absolute Gasteiger partial charge is 0.461 e. The van der Waals surface area contributed by atoms with Crippen molar-refractivity contribution in [2.45, 2.75) is 27.2 Å². The van der Waals surface area contributed by atoms with Crippen LogP contribution >= 0.6 is 0 Å². The number of carbonyl (C=O) groups excluding carboxylic acids is 1. The molecule has 0 aliphatic carbocycles. The first-order valence-electron chi connectivity index (χ1n) is 3.48. The van der Waals surface area contributed by atoms with E-state index >= 15 is 0 Å². The van der Waals surface area contributed by atoms with Crippen molar-refractivity contribution < 1.29 is 9.53 Å². The van der Waals surface area contributed by atoms with E-state index in [1.54, 1.807) is 6.92 Å². The van der Waals surface area contributed by atoms with Gasteiger partial charge in [0.05, 0.1) is 0 Å². The highest BCUT2D eigenvalue weighted by molar-refractivity contribution is 5.69. The Kier molecular flexibility index (Phi) is 4.63. The van der Waals surface area contributed by atoms with Gasteiger partial charge in [-0.3, -0.25) is 4.79 Å². The van der Waals surface area contributed by atoms with Crippen LogP contribution in [0.15, 0.2) is 11.6 Å². The summed E-state index contributed by atoms with van der Waals surface area (Å²) in [6, 6.07) is 0. The summed E-state index contributed by atoms with van der Waals surface area (Å²) < 4.78 is 4.84. The average molecular weight is 142 g/mol. The molecule has 0 aromatic heterocycles. The predicted octanol–water partition coefficient (Wildman–Crippen LogP) is 1.91. The van der Waals surface area contributed by atoms with Crippen LogP contribution in [0.25, 0.3) is 0 Å². The molecule has 0 radical (unpaired) electrons. The zero-order valence-corrected chi connectivity index (χ0v) is 6.81. The van der Waals surface area contributed by atoms with Gasteiger partial charge in [0.2, 0.25) is 0 Å². The van der Waals surface area contributed by atoms with Gasteiger partial charge in [0.1, 0.15) is 6.61 Å². The van der Waals surface area contributed by atoms with Crippen molar-refractivity contribution in [1.82, 2.24) is 0 Å². The smallest absolute Gasteiger partial charge is 0.305 e. The lowest BCUT2D eigenvalue weighted by Gasteiger charge is -2.01. The van der Waals surface area contributed by atoms with Crippen LogP contribution in [0.2, 0.25) is 0 Å². The lowest BCUT2D eigenvalue weighted by Crippen LogP contribution is -2.04. The second kappa shape index (κ2) is 5.03. The molecular weight excluding hydrogens is 128 g/mol. The second-order valence-corrected chi connectivity index (χ2v) is 2.15. The van der Waals surface area contributed by atoms with Gasteiger partial charge in [0, 0.05) is 6.42 Å². The van der Waals surface area contributed by atoms with E-state index in [0.717, 1.165) is 5.57 Å². The Morgan fingerprint density at radius 1 is 1.60 bits per heavy atom. The minimum Gasteiger partial charge on any atom is -0.461 e. The molecule has 0 heterocycles. The summed E-state index contributed by atoms with van der Waals surface area (Å²) in [4.78, 5) is 10.6. The molecule has 2 heteroatoms. The van der Waals surface area contributed by atoms with E-state index in [2.05, 4.69) is 0 Å². The summed E-state index contributed by atoms with van der Waals surface area (Å²) in [5.74, 6) is -0.138. The Labute approximate surface area is 61.9 Å². The zero-order chi connectivity index (χ0) is 7.98. The van der Waals surface area contributed by atoms with Gasteiger partial charge < -0.3 is 4.74 Å². The first-order chi connectivity index (χ1) is 4.70. The highest BCUT2D eigenvalue weighted by Crippen LogP contribution is 1.93. The van der Waals surface area contributed by atoms with E-state index in [0.29, 0.717) is 13.0 Å². The molecule has 58 valence electrons. The van der Waals surface area contributed by atoms with Crippen molar-refractivity contribution >= 4 is 5.97 Å². The zero-order valence-electron chi connectivity index (χ0n) is 6.81. The number of hydrogen-bond acceptors (Lipinski definition) is 2. The maximum absolute atomic E-state index is 10.6. The Morgan fingerprint density at radius 3 is 2.60 bits per heavy atom. The molecule has 0 aliphatic heterocycles. The summed E-state index contributed by atoms with van der Waals surface area (Å²) in [5.41, 5.74) is 1.08. The van der Waals surface area contributed by atoms with E-state index in [1.165, 1.54) is 0 Å². The fraction of sp³-hybridized carbons (Fsp3) is 0.625. The molecule has 0 bridgehead atoms. The highest BCUT2D eigenvalue weighted by Gasteiger charge is 1.96. The maximum Gasteiger partial charge on any atom is 0.305 e. The van der Waals surface area contributed by atoms with Crippen molar-refractivity contribution in [2.75, 3.05) is 6.61 Å². The molecule has 2 nitrogen and oxygen atoms in total. The third-order valence-corrected chi connectivity index (χ3v) is 1.24. The molecule has 0 aromatic carbocycles. The van der Waals surface area contributed by atoms with Gasteiger partial charge in [-0.05, 0) is 19.4 Å². The minimum atomic E-state index is -0.138. The van der Waals surface area contributed by atoms with Crippen LogP contribution in [0, 0.1) is 0 Å². The third kappa shape index (κ3) is 4.13. The van der Waals surface area contributed by atoms with E-state index in [-0.39, 0.29) is 5.97 Å². The van der Waals surface area contributed by atoms with Gasteiger partial charge in [-0.1, -0.05) is 13.0 Å². The summed E-state index contributed by atoms with van der Waals surface area (Å²) in [7, 11) is 0. The van der Waals surface area contributed by atoms with E-state index in [9.17, 15) is 4.79 Å². The number of carbonyl (C=O) groups is 1. The van der Waals surface area contributed by atoms with Crippen LogP contribution in [0.4, 0.5) is 0 Å². The number of hydrogen-bond donors (Lipinski definition) is 0. The fourth-order valence-electron chi connectivity index (χ4n) is 0.380. The monoisotopic (exact) mass is 142 g/mol. The van der Waals surface area contributed by atoms with Crippen molar-refractivity contribution in [3.63, 3.8) is 0 Å². The Hall–Kier alpha value is -0.790. The topological polar surface area (TPSA) is 26.3 Å². The van der Waals surface area contributed by atoms with Crippen LogP contribution in [0.5, 0.6) is 0 Å². The summed E-state index contributed by atoms with van der Waals surface area (Å²) in [5, 5.41) is 0. The Bertz CT molecular complexity index is 136. The lowest BCUT2D eigenvalue weighted by atomic mass is 10.3. The standard InChI is InChI=1S/C8H14O2/c1-4-7(3)6-10-8(9)5-2/h4H,5-6H2,1-3H3/b7-4+. The number of ether oxygens (including phenoxy) is 1. The van der Waals surface area contributed by atoms with Crippen molar-refractivity contribution in [3.8, 4) is 0 Å². The van der Waals surface area contributed by atoms with Gasteiger partial charge >= 0.3 is 5.97 Å². The van der Waals surface area contributed by atoms with Crippen LogP contribution in [-0.4, -0.2) is 12.6 Å². The van der Waals surface area contributed by atoms with Gasteiger partial charge in [0.15, 0.2) is 0 Å². The van der Waals surface area contributed by atoms with Crippen molar-refractivity contribution in [3.05, 3.63) is 11.6 Å². The summed E-state index contributed by atoms with van der Waals surface area (Å²) >= 11 is 0. The molecule has 0 spiro atoms. The van der Waals surface area contributed by atoms with E-state index < -0.39 is 0 Å². The fourth-order valence-corrected chi connectivity index (χ4v) is 0.380. The van der Waals surface area contributed by atoms with Gasteiger partial charge in [-0.15, -0.1) is 0 Å². The molecule has 0 atom stereocenters. The molecule has 0 aliphatic rings. The average Bonchev–Trinajstić information content (AvgIpc) is 1.99. The third-order valence-electron chi connectivity index (χ3n) is 1.24. The van der Waals surface area contributed by atoms with E-state index in [4.69, 9.17) is 4.74 Å². The molecule has 0 rings (SSSR count). The quantitative estimate of drug-likeness (QED) is 0.444. The van der Waals surface area contributed by atoms with Crippen LogP contribution in [-0.2, 0) is 9.53 Å². The molecule has 10 heavy (non-hydrogen) atoms. The van der Waals surface area contributed by atoms with Crippen molar-refractivity contribution in [2.24, 2.45) is 0 Å². The van der Waals surface area contributed by atoms with E-state index in [1.807, 2.05) is 19.9 Å². The molecule has 0 amide bonds. The first kappa shape index (κ1) is 9.21. The number of rotatable bonds is 3. The molecule has 0 unspecified atom stereocenters. The summed E-state index contributed by atoms with van der Waals surface area (Å²) in [6.07, 6.45) is 2.39. The molecule has 0 saturated heterocycles. The van der Waals surface area contributed by atoms with Gasteiger partial charge in [-0.25, -0.2) is 0 Å². The number of esters is 1.